The number of hydrogen-bond donors (Lipinski definition) is 0. The van der Waals surface area contributed by atoms with Gasteiger partial charge in [-0.3, -0.25) is 9.74 Å². The first kappa shape index (κ1) is 33.6. The Labute approximate surface area is 267 Å². The van der Waals surface area contributed by atoms with Crippen molar-refractivity contribution in [3.8, 4) is 5.75 Å². The number of carbonyl (C=O) groups excluding carboxylic acids is 3. The topological polar surface area (TPSA) is 94.6 Å². The molecule has 0 aliphatic carbocycles. The van der Waals surface area contributed by atoms with E-state index in [9.17, 15) is 14.4 Å². The number of carbonyl (C=O) groups is 3. The van der Waals surface area contributed by atoms with Crippen molar-refractivity contribution in [3.63, 3.8) is 0 Å². The SMILES string of the molecule is CC(C)(C)OC(=O)N1C[C@H](N(OCc2ccccc2)C(=O)OC(Cl)(Cl)Cl)CC[C@H]1C(=O)Oc1c(Cl)cc(Cl)cc1Cl. The molecule has 2 amide bonds. The van der Waals surface area contributed by atoms with E-state index in [0.29, 0.717) is 0 Å². The van der Waals surface area contributed by atoms with Crippen LogP contribution in [0.5, 0.6) is 5.75 Å². The van der Waals surface area contributed by atoms with Gasteiger partial charge in [-0.2, -0.15) is 5.06 Å². The standard InChI is InChI=1S/C26H26Cl6N2O7/c1-25(2,3)40-23(36)33-13-17(9-10-20(33)22(35)39-21-18(28)11-16(27)12-19(21)29)34(24(37)41-26(30,31)32)38-14-15-7-5-4-6-8-15/h4-8,11-12,17,20H,9-10,13-14H2,1-3H3/t17-,20+/m1/s1. The number of hydrogen-bond acceptors (Lipinski definition) is 7. The predicted octanol–water partition coefficient (Wildman–Crippen LogP) is 8.22. The number of benzene rings is 2. The summed E-state index contributed by atoms with van der Waals surface area (Å²) in [5, 5.41) is 1.13. The van der Waals surface area contributed by atoms with Gasteiger partial charge in [-0.05, 0) is 86.1 Å². The maximum atomic E-state index is 13.3. The molecule has 9 nitrogen and oxygen atoms in total. The maximum Gasteiger partial charge on any atom is 0.437 e. The van der Waals surface area contributed by atoms with Gasteiger partial charge < -0.3 is 14.2 Å². The highest BCUT2D eigenvalue weighted by Crippen LogP contribution is 2.37. The highest BCUT2D eigenvalue weighted by atomic mass is 35.6. The van der Waals surface area contributed by atoms with Crippen LogP contribution in [-0.4, -0.2) is 56.3 Å². The normalized spacial score (nSPS) is 17.5. The summed E-state index contributed by atoms with van der Waals surface area (Å²) in [5.74, 6) is -0.950. The lowest BCUT2D eigenvalue weighted by Gasteiger charge is -2.41. The zero-order chi connectivity index (χ0) is 30.5. The van der Waals surface area contributed by atoms with Crippen LogP contribution in [0.3, 0.4) is 0 Å². The van der Waals surface area contributed by atoms with Crippen LogP contribution in [0.2, 0.25) is 15.1 Å². The number of amides is 2. The van der Waals surface area contributed by atoms with Crippen LogP contribution in [0.4, 0.5) is 9.59 Å². The fourth-order valence-electron chi connectivity index (χ4n) is 3.88. The lowest BCUT2D eigenvalue weighted by Crippen LogP contribution is -2.58. The molecule has 2 aromatic rings. The molecule has 15 heteroatoms. The summed E-state index contributed by atoms with van der Waals surface area (Å²) >= 11 is 35.4. The van der Waals surface area contributed by atoms with Gasteiger partial charge in [0.05, 0.1) is 16.1 Å². The number of rotatable bonds is 6. The first-order chi connectivity index (χ1) is 19.0. The fourth-order valence-corrected chi connectivity index (χ4v) is 4.97. The van der Waals surface area contributed by atoms with E-state index in [-0.39, 0.29) is 46.8 Å². The number of piperidine rings is 1. The molecule has 0 radical (unpaired) electrons. The van der Waals surface area contributed by atoms with E-state index >= 15 is 0 Å². The first-order valence-corrected chi connectivity index (χ1v) is 14.4. The Morgan fingerprint density at radius 2 is 1.56 bits per heavy atom. The predicted molar refractivity (Wildman–Crippen MR) is 157 cm³/mol. The van der Waals surface area contributed by atoms with Gasteiger partial charge in [0.25, 0.3) is 0 Å². The Morgan fingerprint density at radius 3 is 2.12 bits per heavy atom. The van der Waals surface area contributed by atoms with Gasteiger partial charge in [0.1, 0.15) is 18.2 Å². The molecule has 1 heterocycles. The average molecular weight is 691 g/mol. The molecule has 0 bridgehead atoms. The third kappa shape index (κ3) is 10.1. The highest BCUT2D eigenvalue weighted by Gasteiger charge is 2.44. The van der Waals surface area contributed by atoms with Gasteiger partial charge in [-0.1, -0.05) is 65.1 Å². The lowest BCUT2D eigenvalue weighted by atomic mass is 9.98. The summed E-state index contributed by atoms with van der Waals surface area (Å²) in [5.41, 5.74) is -0.170. The second kappa shape index (κ2) is 14.1. The minimum atomic E-state index is -2.38. The molecule has 0 N–H and O–H groups in total. The molecular formula is C26H26Cl6N2O7. The van der Waals surface area contributed by atoms with Crippen molar-refractivity contribution in [2.24, 2.45) is 0 Å². The van der Waals surface area contributed by atoms with Crippen LogP contribution in [0.15, 0.2) is 42.5 Å². The summed E-state index contributed by atoms with van der Waals surface area (Å²) in [7, 11) is 0. The molecule has 0 spiro atoms. The van der Waals surface area contributed by atoms with E-state index < -0.39 is 39.8 Å². The molecule has 3 rings (SSSR count). The van der Waals surface area contributed by atoms with Crippen molar-refractivity contribution in [3.05, 3.63) is 63.1 Å². The Morgan fingerprint density at radius 1 is 0.951 bits per heavy atom. The molecular weight excluding hydrogens is 665 g/mol. The molecule has 1 saturated heterocycles. The van der Waals surface area contributed by atoms with E-state index in [4.69, 9.17) is 88.7 Å². The van der Waals surface area contributed by atoms with Crippen LogP contribution in [0.25, 0.3) is 0 Å². The van der Waals surface area contributed by atoms with Gasteiger partial charge in [-0.15, -0.1) is 0 Å². The summed E-state index contributed by atoms with van der Waals surface area (Å²) in [6, 6.07) is 9.73. The fraction of sp³-hybridized carbons (Fsp3) is 0.423. The van der Waals surface area contributed by atoms with Crippen molar-refractivity contribution in [2.45, 2.75) is 61.9 Å². The van der Waals surface area contributed by atoms with Crippen LogP contribution < -0.4 is 4.74 Å². The average Bonchev–Trinajstić information content (AvgIpc) is 2.84. The highest BCUT2D eigenvalue weighted by molar-refractivity contribution is 6.66. The quantitative estimate of drug-likeness (QED) is 0.130. The zero-order valence-electron chi connectivity index (χ0n) is 22.0. The van der Waals surface area contributed by atoms with E-state index in [1.165, 1.54) is 12.1 Å². The number of halogens is 6. The van der Waals surface area contributed by atoms with E-state index in [1.54, 1.807) is 45.0 Å². The summed E-state index contributed by atoms with van der Waals surface area (Å²) < 4.78 is 13.6. The summed E-state index contributed by atoms with van der Waals surface area (Å²) in [6.45, 7) is 4.74. The molecule has 0 saturated carbocycles. The van der Waals surface area contributed by atoms with Crippen molar-refractivity contribution >= 4 is 87.8 Å². The van der Waals surface area contributed by atoms with Crippen LogP contribution in [0.1, 0.15) is 39.2 Å². The third-order valence-electron chi connectivity index (χ3n) is 5.55. The number of nitrogens with zero attached hydrogens (tertiary/aromatic N) is 2. The maximum absolute atomic E-state index is 13.3. The second-order valence-electron chi connectivity index (χ2n) is 9.90. The van der Waals surface area contributed by atoms with Crippen LogP contribution in [-0.2, 0) is 25.7 Å². The number of likely N-dealkylation sites (tertiary alicyclic amines) is 1. The van der Waals surface area contributed by atoms with Gasteiger partial charge in [0.2, 0.25) is 0 Å². The molecule has 1 aliphatic heterocycles. The Balaban J connectivity index is 1.88. The van der Waals surface area contributed by atoms with Gasteiger partial charge >= 0.3 is 22.1 Å². The first-order valence-electron chi connectivity index (χ1n) is 12.2. The van der Waals surface area contributed by atoms with Crippen LogP contribution >= 0.6 is 69.6 Å². The summed E-state index contributed by atoms with van der Waals surface area (Å²) in [4.78, 5) is 46.5. The van der Waals surface area contributed by atoms with Crippen molar-refractivity contribution in [1.82, 2.24) is 9.96 Å². The summed E-state index contributed by atoms with van der Waals surface area (Å²) in [6.07, 6.45) is -1.77. The second-order valence-corrected chi connectivity index (χ2v) is 13.3. The molecule has 1 fully saturated rings. The molecule has 2 atom stereocenters. The molecule has 0 aromatic heterocycles. The Hall–Kier alpha value is -1.85. The van der Waals surface area contributed by atoms with Crippen molar-refractivity contribution in [1.29, 1.82) is 0 Å². The van der Waals surface area contributed by atoms with Crippen LogP contribution in [0, 0.1) is 0 Å². The van der Waals surface area contributed by atoms with Gasteiger partial charge in [-0.25, -0.2) is 14.4 Å². The Bertz CT molecular complexity index is 1230. The molecule has 224 valence electrons. The van der Waals surface area contributed by atoms with E-state index in [0.717, 1.165) is 15.5 Å². The smallest absolute Gasteiger partial charge is 0.437 e. The number of ether oxygens (including phenoxy) is 3. The lowest BCUT2D eigenvalue weighted by molar-refractivity contribution is -0.184. The Kier molecular flexibility index (Phi) is 11.6. The van der Waals surface area contributed by atoms with Crippen molar-refractivity contribution in [2.75, 3.05) is 6.54 Å². The molecule has 0 unspecified atom stereocenters. The van der Waals surface area contributed by atoms with E-state index in [1.807, 2.05) is 6.07 Å². The largest absolute Gasteiger partial charge is 0.444 e. The number of hydroxylamine groups is 2. The number of esters is 1. The minimum absolute atomic E-state index is 0.00305. The minimum Gasteiger partial charge on any atom is -0.444 e. The molecule has 1 aliphatic rings. The van der Waals surface area contributed by atoms with Gasteiger partial charge in [0.15, 0.2) is 5.75 Å². The molecule has 41 heavy (non-hydrogen) atoms. The van der Waals surface area contributed by atoms with Gasteiger partial charge in [0, 0.05) is 11.6 Å². The molecule has 2 aromatic carbocycles. The van der Waals surface area contributed by atoms with E-state index in [2.05, 4.69) is 0 Å². The zero-order valence-corrected chi connectivity index (χ0v) is 26.6. The number of alkyl halides is 3. The van der Waals surface area contributed by atoms with Crippen molar-refractivity contribution < 1.29 is 33.4 Å². The monoisotopic (exact) mass is 688 g/mol. The third-order valence-corrected chi connectivity index (χ3v) is 6.56.